The average molecular weight is 419 g/mol. The molecule has 0 spiro atoms. The monoisotopic (exact) mass is 418 g/mol. The van der Waals surface area contributed by atoms with Gasteiger partial charge in [-0.05, 0) is 38.2 Å². The van der Waals surface area contributed by atoms with E-state index in [0.717, 1.165) is 47.8 Å². The SMILES string of the molecule is COCCn1c(SCC(=O)/C(C#N)=C(\C)N)nc2sc3c(c2c1=O)CCCC3. The smallest absolute Gasteiger partial charge is 0.263 e. The molecule has 0 saturated heterocycles. The number of nitrogens with two attached hydrogens (primary N) is 1. The Hall–Kier alpha value is -2.15. The summed E-state index contributed by atoms with van der Waals surface area (Å²) < 4.78 is 6.73. The summed E-state index contributed by atoms with van der Waals surface area (Å²) in [5.74, 6) is -0.376. The van der Waals surface area contributed by atoms with E-state index in [1.807, 2.05) is 6.07 Å². The summed E-state index contributed by atoms with van der Waals surface area (Å²) in [7, 11) is 1.58. The lowest BCUT2D eigenvalue weighted by Gasteiger charge is -2.13. The molecule has 1 aliphatic rings. The number of carbonyl (C=O) groups is 1. The van der Waals surface area contributed by atoms with Crippen molar-refractivity contribution in [2.75, 3.05) is 19.5 Å². The maximum Gasteiger partial charge on any atom is 0.263 e. The van der Waals surface area contributed by atoms with Crippen molar-refractivity contribution in [1.29, 1.82) is 5.26 Å². The molecule has 7 nitrogen and oxygen atoms in total. The van der Waals surface area contributed by atoms with Gasteiger partial charge in [0, 0.05) is 17.7 Å². The van der Waals surface area contributed by atoms with E-state index in [4.69, 9.17) is 20.7 Å². The number of hydrogen-bond donors (Lipinski definition) is 1. The number of allylic oxidation sites excluding steroid dienone is 2. The molecule has 0 amide bonds. The molecule has 9 heteroatoms. The minimum absolute atomic E-state index is 0.00650. The van der Waals surface area contributed by atoms with Gasteiger partial charge in [-0.25, -0.2) is 4.98 Å². The minimum atomic E-state index is -0.370. The van der Waals surface area contributed by atoms with Crippen molar-refractivity contribution in [3.63, 3.8) is 0 Å². The van der Waals surface area contributed by atoms with Crippen LogP contribution in [0.1, 0.15) is 30.2 Å². The zero-order valence-corrected chi connectivity index (χ0v) is 17.5. The molecule has 1 aliphatic carbocycles. The number of hydrogen-bond acceptors (Lipinski definition) is 8. The minimum Gasteiger partial charge on any atom is -0.401 e. The highest BCUT2D eigenvalue weighted by Crippen LogP contribution is 2.34. The van der Waals surface area contributed by atoms with Gasteiger partial charge in [-0.2, -0.15) is 5.26 Å². The highest BCUT2D eigenvalue weighted by atomic mass is 32.2. The lowest BCUT2D eigenvalue weighted by Crippen LogP contribution is -2.26. The molecule has 0 atom stereocenters. The third-order valence-corrected chi connectivity index (χ3v) is 6.84. The fraction of sp³-hybridized carbons (Fsp3) is 0.474. The first-order valence-electron chi connectivity index (χ1n) is 9.04. The highest BCUT2D eigenvalue weighted by molar-refractivity contribution is 7.99. The molecule has 2 N–H and O–H groups in total. The van der Waals surface area contributed by atoms with Crippen LogP contribution in [0, 0.1) is 11.3 Å². The molecular formula is C19H22N4O3S2. The summed E-state index contributed by atoms with van der Waals surface area (Å²) in [6.45, 7) is 2.25. The number of methoxy groups -OCH3 is 1. The Labute approximate surface area is 171 Å². The second-order valence-corrected chi connectivity index (χ2v) is 8.64. The summed E-state index contributed by atoms with van der Waals surface area (Å²) in [5.41, 5.74) is 6.81. The molecular weight excluding hydrogens is 396 g/mol. The van der Waals surface area contributed by atoms with E-state index in [1.165, 1.54) is 11.8 Å². The van der Waals surface area contributed by atoms with Crippen LogP contribution in [0.15, 0.2) is 21.2 Å². The number of nitrogens with zero attached hydrogens (tertiary/aromatic N) is 3. The third kappa shape index (κ3) is 3.99. The number of aryl methyl sites for hydroxylation is 2. The van der Waals surface area contributed by atoms with Crippen LogP contribution in [0.4, 0.5) is 0 Å². The number of thiophene rings is 1. The van der Waals surface area contributed by atoms with Gasteiger partial charge in [0.1, 0.15) is 16.5 Å². The summed E-state index contributed by atoms with van der Waals surface area (Å²) in [5, 5.41) is 10.3. The van der Waals surface area contributed by atoms with E-state index in [1.54, 1.807) is 23.0 Å². The van der Waals surface area contributed by atoms with Crippen LogP contribution in [-0.2, 0) is 28.9 Å². The van der Waals surface area contributed by atoms with Gasteiger partial charge < -0.3 is 10.5 Å². The number of fused-ring (bicyclic) bond motifs is 3. The van der Waals surface area contributed by atoms with Crippen molar-refractivity contribution in [2.45, 2.75) is 44.3 Å². The Morgan fingerprint density at radius 1 is 1.43 bits per heavy atom. The van der Waals surface area contributed by atoms with Gasteiger partial charge in [-0.15, -0.1) is 11.3 Å². The number of thioether (sulfide) groups is 1. The topological polar surface area (TPSA) is 111 Å². The van der Waals surface area contributed by atoms with Gasteiger partial charge >= 0.3 is 0 Å². The predicted molar refractivity (Wildman–Crippen MR) is 111 cm³/mol. The summed E-state index contributed by atoms with van der Waals surface area (Å²) >= 11 is 2.73. The molecule has 0 unspecified atom stereocenters. The molecule has 148 valence electrons. The Bertz CT molecular complexity index is 1040. The first-order valence-corrected chi connectivity index (χ1v) is 10.8. The quantitative estimate of drug-likeness (QED) is 0.318. The Morgan fingerprint density at radius 3 is 2.86 bits per heavy atom. The Morgan fingerprint density at radius 2 is 2.18 bits per heavy atom. The van der Waals surface area contributed by atoms with Gasteiger partial charge in [0.05, 0.1) is 24.3 Å². The van der Waals surface area contributed by atoms with E-state index in [2.05, 4.69) is 0 Å². The zero-order valence-electron chi connectivity index (χ0n) is 15.9. The fourth-order valence-corrected chi connectivity index (χ4v) is 5.48. The van der Waals surface area contributed by atoms with Crippen molar-refractivity contribution in [2.24, 2.45) is 5.73 Å². The molecule has 2 heterocycles. The maximum absolute atomic E-state index is 13.2. The fourth-order valence-electron chi connectivity index (χ4n) is 3.28. The predicted octanol–water partition coefficient (Wildman–Crippen LogP) is 2.40. The van der Waals surface area contributed by atoms with Crippen LogP contribution in [-0.4, -0.2) is 34.8 Å². The van der Waals surface area contributed by atoms with E-state index in [0.29, 0.717) is 23.7 Å². The summed E-state index contributed by atoms with van der Waals surface area (Å²) in [4.78, 5) is 32.2. The van der Waals surface area contributed by atoms with Crippen molar-refractivity contribution in [1.82, 2.24) is 9.55 Å². The lowest BCUT2D eigenvalue weighted by molar-refractivity contribution is -0.112. The molecule has 0 radical (unpaired) electrons. The van der Waals surface area contributed by atoms with Crippen LogP contribution in [0.5, 0.6) is 0 Å². The zero-order chi connectivity index (χ0) is 20.3. The van der Waals surface area contributed by atoms with Crippen molar-refractivity contribution in [3.05, 3.63) is 32.1 Å². The second kappa shape index (κ2) is 8.90. The maximum atomic E-state index is 13.2. The highest BCUT2D eigenvalue weighted by Gasteiger charge is 2.23. The van der Waals surface area contributed by atoms with Crippen LogP contribution in [0.3, 0.4) is 0 Å². The van der Waals surface area contributed by atoms with Crippen LogP contribution in [0.2, 0.25) is 0 Å². The van der Waals surface area contributed by atoms with Gasteiger partial charge in [-0.1, -0.05) is 11.8 Å². The molecule has 2 aromatic rings. The molecule has 2 aromatic heterocycles. The molecule has 28 heavy (non-hydrogen) atoms. The number of nitriles is 1. The number of aromatic nitrogens is 2. The van der Waals surface area contributed by atoms with E-state index >= 15 is 0 Å². The number of ketones is 1. The number of Topliss-reactive ketones (excluding diaryl/α,β-unsaturated/α-hetero) is 1. The molecule has 0 saturated carbocycles. The summed E-state index contributed by atoms with van der Waals surface area (Å²) in [6.07, 6.45) is 4.12. The lowest BCUT2D eigenvalue weighted by atomic mass is 9.97. The van der Waals surface area contributed by atoms with Crippen LogP contribution >= 0.6 is 23.1 Å². The van der Waals surface area contributed by atoms with Gasteiger partial charge in [0.25, 0.3) is 5.56 Å². The molecule has 3 rings (SSSR count). The van der Waals surface area contributed by atoms with E-state index in [-0.39, 0.29) is 28.4 Å². The number of carbonyl (C=O) groups excluding carboxylic acids is 1. The molecule has 0 bridgehead atoms. The molecule has 0 aromatic carbocycles. The van der Waals surface area contributed by atoms with Gasteiger partial charge in [0.2, 0.25) is 0 Å². The normalized spacial score (nSPS) is 14.5. The number of rotatable bonds is 7. The molecule has 0 aliphatic heterocycles. The second-order valence-electron chi connectivity index (χ2n) is 6.62. The average Bonchev–Trinajstić information content (AvgIpc) is 3.04. The Kier molecular flexibility index (Phi) is 6.54. The van der Waals surface area contributed by atoms with E-state index < -0.39 is 0 Å². The van der Waals surface area contributed by atoms with Crippen molar-refractivity contribution in [3.8, 4) is 6.07 Å². The van der Waals surface area contributed by atoms with Gasteiger partial charge in [-0.3, -0.25) is 14.2 Å². The Balaban J connectivity index is 2.01. The van der Waals surface area contributed by atoms with Crippen LogP contribution < -0.4 is 11.3 Å². The number of ether oxygens (including phenoxy) is 1. The molecule has 0 fully saturated rings. The van der Waals surface area contributed by atoms with Crippen molar-refractivity contribution >= 4 is 39.1 Å². The van der Waals surface area contributed by atoms with Gasteiger partial charge in [0.15, 0.2) is 10.9 Å². The standard InChI is InChI=1S/C19H22N4O3S2/c1-11(21)13(9-20)14(24)10-27-19-22-17-16(18(25)23(19)7-8-26-2)12-5-3-4-6-15(12)28-17/h3-8,10,21H2,1-2H3/b13-11+. The largest absolute Gasteiger partial charge is 0.401 e. The third-order valence-electron chi connectivity index (χ3n) is 4.68. The first kappa shape index (κ1) is 20.6. The van der Waals surface area contributed by atoms with Crippen LogP contribution in [0.25, 0.3) is 10.2 Å². The first-order chi connectivity index (χ1) is 13.5. The summed E-state index contributed by atoms with van der Waals surface area (Å²) in [6, 6.07) is 1.85. The van der Waals surface area contributed by atoms with E-state index in [9.17, 15) is 9.59 Å². The van der Waals surface area contributed by atoms with Crippen molar-refractivity contribution < 1.29 is 9.53 Å².